The molecule has 1 aromatic carbocycles. The lowest BCUT2D eigenvalue weighted by molar-refractivity contribution is -0.156. The molecular formula is C15H15N3O3S. The monoisotopic (exact) mass is 317 g/mol. The van der Waals surface area contributed by atoms with Gasteiger partial charge in [-0.15, -0.1) is 0 Å². The van der Waals surface area contributed by atoms with Crippen molar-refractivity contribution < 1.29 is 14.3 Å². The Labute approximate surface area is 132 Å². The number of rotatable bonds is 2. The van der Waals surface area contributed by atoms with Crippen LogP contribution in [0.15, 0.2) is 30.3 Å². The molecule has 2 aliphatic rings. The van der Waals surface area contributed by atoms with Gasteiger partial charge in [0.25, 0.3) is 0 Å². The Kier molecular flexibility index (Phi) is 3.21. The first-order chi connectivity index (χ1) is 10.6. The standard InChI is InChI=1S/C15H15N3O3S/c1-17-13(9-5-3-2-4-6-9)16-18(15(17)22)10-7-11(19)14-20-8-12(10)21-14/h2-6,10,12,14H,7-8H2,1H3/t10-,12+,14+/m1/s1. The summed E-state index contributed by atoms with van der Waals surface area (Å²) in [6, 6.07) is 9.64. The normalized spacial score (nSPS) is 27.3. The number of hydrogen-bond acceptors (Lipinski definition) is 5. The summed E-state index contributed by atoms with van der Waals surface area (Å²) in [6.45, 7) is 0.403. The van der Waals surface area contributed by atoms with Gasteiger partial charge in [0.15, 0.2) is 16.4 Å². The molecule has 4 rings (SSSR count). The number of Topliss-reactive ketones (excluding diaryl/α,β-unsaturated/α-hetero) is 1. The molecule has 2 aromatic rings. The van der Waals surface area contributed by atoms with E-state index in [1.807, 2.05) is 41.9 Å². The molecule has 0 aliphatic carbocycles. The van der Waals surface area contributed by atoms with Crippen molar-refractivity contribution in [1.29, 1.82) is 0 Å². The van der Waals surface area contributed by atoms with Gasteiger partial charge >= 0.3 is 0 Å². The van der Waals surface area contributed by atoms with E-state index in [0.717, 1.165) is 11.4 Å². The Bertz CT molecular complexity index is 783. The summed E-state index contributed by atoms with van der Waals surface area (Å²) in [7, 11) is 1.88. The van der Waals surface area contributed by atoms with Crippen LogP contribution >= 0.6 is 12.2 Å². The fourth-order valence-electron chi connectivity index (χ4n) is 2.98. The van der Waals surface area contributed by atoms with Gasteiger partial charge in [-0.25, -0.2) is 4.68 Å². The molecule has 2 aliphatic heterocycles. The van der Waals surface area contributed by atoms with E-state index in [0.29, 0.717) is 17.8 Å². The molecule has 7 heteroatoms. The molecule has 2 saturated heterocycles. The zero-order chi connectivity index (χ0) is 15.3. The second-order valence-electron chi connectivity index (χ2n) is 5.55. The summed E-state index contributed by atoms with van der Waals surface area (Å²) in [5.41, 5.74) is 0.985. The molecule has 22 heavy (non-hydrogen) atoms. The van der Waals surface area contributed by atoms with Crippen LogP contribution in [0.4, 0.5) is 0 Å². The molecule has 1 aromatic heterocycles. The number of benzene rings is 1. The molecule has 0 unspecified atom stereocenters. The highest BCUT2D eigenvalue weighted by Gasteiger charge is 2.45. The maximum absolute atomic E-state index is 12.0. The average molecular weight is 317 g/mol. The lowest BCUT2D eigenvalue weighted by Gasteiger charge is -2.26. The number of carbonyl (C=O) groups is 1. The molecule has 0 radical (unpaired) electrons. The summed E-state index contributed by atoms with van der Waals surface area (Å²) in [5.74, 6) is 0.728. The van der Waals surface area contributed by atoms with Crippen molar-refractivity contribution in [3.63, 3.8) is 0 Å². The van der Waals surface area contributed by atoms with E-state index in [9.17, 15) is 4.79 Å². The van der Waals surface area contributed by atoms with Gasteiger partial charge in [0.2, 0.25) is 6.29 Å². The first-order valence-corrected chi connectivity index (χ1v) is 7.56. The molecule has 3 atom stereocenters. The Balaban J connectivity index is 1.77. The van der Waals surface area contributed by atoms with Crippen LogP contribution in [-0.2, 0) is 21.3 Å². The molecule has 2 fully saturated rings. The lowest BCUT2D eigenvalue weighted by Crippen LogP contribution is -2.37. The van der Waals surface area contributed by atoms with Gasteiger partial charge in [-0.3, -0.25) is 4.79 Å². The Morgan fingerprint density at radius 1 is 1.32 bits per heavy atom. The first kappa shape index (κ1) is 13.8. The number of nitrogens with zero attached hydrogens (tertiary/aromatic N) is 3. The molecule has 2 bridgehead atoms. The first-order valence-electron chi connectivity index (χ1n) is 7.16. The third-order valence-corrected chi connectivity index (χ3v) is 4.62. The molecule has 3 heterocycles. The lowest BCUT2D eigenvalue weighted by atomic mass is 10.0. The zero-order valence-electron chi connectivity index (χ0n) is 12.0. The highest BCUT2D eigenvalue weighted by Crippen LogP contribution is 2.33. The van der Waals surface area contributed by atoms with E-state index in [4.69, 9.17) is 21.7 Å². The Hall–Kier alpha value is -1.83. The minimum absolute atomic E-state index is 0.0486. The van der Waals surface area contributed by atoms with Gasteiger partial charge in [-0.2, -0.15) is 5.10 Å². The van der Waals surface area contributed by atoms with Gasteiger partial charge in [-0.05, 0) is 12.2 Å². The highest BCUT2D eigenvalue weighted by molar-refractivity contribution is 7.71. The fourth-order valence-corrected chi connectivity index (χ4v) is 3.24. The Morgan fingerprint density at radius 2 is 2.09 bits per heavy atom. The molecule has 114 valence electrons. The van der Waals surface area contributed by atoms with Gasteiger partial charge in [0.05, 0.1) is 12.6 Å². The fraction of sp³-hybridized carbons (Fsp3) is 0.400. The van der Waals surface area contributed by atoms with Crippen LogP contribution in [0.1, 0.15) is 12.5 Å². The maximum atomic E-state index is 12.0. The van der Waals surface area contributed by atoms with Gasteiger partial charge < -0.3 is 14.0 Å². The van der Waals surface area contributed by atoms with Crippen LogP contribution in [-0.4, -0.2) is 39.1 Å². The minimum atomic E-state index is -0.701. The number of ether oxygens (including phenoxy) is 2. The van der Waals surface area contributed by atoms with E-state index in [1.165, 1.54) is 0 Å². The second kappa shape index (κ2) is 5.12. The van der Waals surface area contributed by atoms with Crippen LogP contribution in [0, 0.1) is 4.77 Å². The third kappa shape index (κ3) is 2.05. The maximum Gasteiger partial charge on any atom is 0.218 e. The van der Waals surface area contributed by atoms with E-state index in [2.05, 4.69) is 5.10 Å². The summed E-state index contributed by atoms with van der Waals surface area (Å²) in [6.07, 6.45) is -0.532. The van der Waals surface area contributed by atoms with Crippen LogP contribution in [0.25, 0.3) is 11.4 Å². The molecular weight excluding hydrogens is 302 g/mol. The van der Waals surface area contributed by atoms with Gasteiger partial charge in [0, 0.05) is 19.0 Å². The number of hydrogen-bond donors (Lipinski definition) is 0. The number of ketones is 1. The van der Waals surface area contributed by atoms with Crippen LogP contribution < -0.4 is 0 Å². The summed E-state index contributed by atoms with van der Waals surface area (Å²) < 4.78 is 15.1. The minimum Gasteiger partial charge on any atom is -0.343 e. The van der Waals surface area contributed by atoms with Crippen molar-refractivity contribution in [3.05, 3.63) is 35.1 Å². The van der Waals surface area contributed by atoms with Crippen molar-refractivity contribution in [2.45, 2.75) is 24.9 Å². The molecule has 0 amide bonds. The molecule has 0 N–H and O–H groups in total. The SMILES string of the molecule is Cn1c(-c2ccccc2)nn([C@@H]2CC(=O)[C@H]3OC[C@@H]2O3)c1=S. The third-order valence-electron chi connectivity index (χ3n) is 4.16. The van der Waals surface area contributed by atoms with Crippen molar-refractivity contribution in [2.24, 2.45) is 7.05 Å². The van der Waals surface area contributed by atoms with E-state index in [-0.39, 0.29) is 17.9 Å². The van der Waals surface area contributed by atoms with Crippen molar-refractivity contribution >= 4 is 18.0 Å². The van der Waals surface area contributed by atoms with E-state index >= 15 is 0 Å². The topological polar surface area (TPSA) is 58.3 Å². The van der Waals surface area contributed by atoms with E-state index < -0.39 is 6.29 Å². The quantitative estimate of drug-likeness (QED) is 0.792. The zero-order valence-corrected chi connectivity index (χ0v) is 12.8. The average Bonchev–Trinajstić information content (AvgIpc) is 3.09. The molecule has 0 spiro atoms. The van der Waals surface area contributed by atoms with Crippen LogP contribution in [0.5, 0.6) is 0 Å². The number of fused-ring (bicyclic) bond motifs is 2. The summed E-state index contributed by atoms with van der Waals surface area (Å²) >= 11 is 5.50. The number of carbonyl (C=O) groups excluding carboxylic acids is 1. The molecule has 6 nitrogen and oxygen atoms in total. The predicted molar refractivity (Wildman–Crippen MR) is 80.7 cm³/mol. The summed E-state index contributed by atoms with van der Waals surface area (Å²) in [5, 5.41) is 4.64. The smallest absolute Gasteiger partial charge is 0.218 e. The highest BCUT2D eigenvalue weighted by atomic mass is 32.1. The van der Waals surface area contributed by atoms with Crippen molar-refractivity contribution in [1.82, 2.24) is 14.3 Å². The largest absolute Gasteiger partial charge is 0.343 e. The van der Waals surface area contributed by atoms with Crippen molar-refractivity contribution in [2.75, 3.05) is 6.61 Å². The Morgan fingerprint density at radius 3 is 2.86 bits per heavy atom. The molecule has 0 saturated carbocycles. The van der Waals surface area contributed by atoms with Gasteiger partial charge in [0.1, 0.15) is 6.10 Å². The van der Waals surface area contributed by atoms with Crippen LogP contribution in [0.2, 0.25) is 0 Å². The van der Waals surface area contributed by atoms with Crippen LogP contribution in [0.3, 0.4) is 0 Å². The van der Waals surface area contributed by atoms with Gasteiger partial charge in [-0.1, -0.05) is 30.3 Å². The van der Waals surface area contributed by atoms with Crippen molar-refractivity contribution in [3.8, 4) is 11.4 Å². The second-order valence-corrected chi connectivity index (χ2v) is 5.92. The number of aromatic nitrogens is 3. The van der Waals surface area contributed by atoms with E-state index in [1.54, 1.807) is 4.68 Å². The predicted octanol–water partition coefficient (Wildman–Crippen LogP) is 1.87. The summed E-state index contributed by atoms with van der Waals surface area (Å²) in [4.78, 5) is 12.0.